The molecule has 1 heterocycles. The first-order chi connectivity index (χ1) is 11.6. The first-order valence-corrected chi connectivity index (χ1v) is 11.0. The summed E-state index contributed by atoms with van der Waals surface area (Å²) in [5.41, 5.74) is 1.20. The van der Waals surface area contributed by atoms with Crippen molar-refractivity contribution in [2.24, 2.45) is 11.3 Å². The molecule has 140 valence electrons. The molecule has 0 bridgehead atoms. The molecule has 2 aliphatic carbocycles. The van der Waals surface area contributed by atoms with E-state index in [9.17, 15) is 0 Å². The Morgan fingerprint density at radius 3 is 2.29 bits per heavy atom. The average molecular weight is 335 g/mol. The van der Waals surface area contributed by atoms with E-state index in [1.807, 2.05) is 0 Å². The van der Waals surface area contributed by atoms with Crippen molar-refractivity contribution in [2.45, 2.75) is 95.9 Å². The summed E-state index contributed by atoms with van der Waals surface area (Å²) < 4.78 is 0. The second-order valence-corrected chi connectivity index (χ2v) is 9.71. The summed E-state index contributed by atoms with van der Waals surface area (Å²) >= 11 is 0. The maximum absolute atomic E-state index is 2.77. The van der Waals surface area contributed by atoms with Gasteiger partial charge in [0.2, 0.25) is 0 Å². The van der Waals surface area contributed by atoms with Crippen molar-refractivity contribution < 1.29 is 0 Å². The molecule has 1 spiro atoms. The normalized spacial score (nSPS) is 36.0. The van der Waals surface area contributed by atoms with Gasteiger partial charge in [0.1, 0.15) is 0 Å². The highest BCUT2D eigenvalue weighted by Gasteiger charge is 2.47. The van der Waals surface area contributed by atoms with Gasteiger partial charge in [0.15, 0.2) is 0 Å². The predicted octanol–water partition coefficient (Wildman–Crippen LogP) is 5.32. The fraction of sp³-hybridized carbons (Fsp3) is 1.00. The first kappa shape index (κ1) is 18.7. The third-order valence-electron chi connectivity index (χ3n) is 7.93. The fourth-order valence-electron chi connectivity index (χ4n) is 6.02. The van der Waals surface area contributed by atoms with E-state index in [4.69, 9.17) is 0 Å². The number of hydrogen-bond acceptors (Lipinski definition) is 2. The molecular weight excluding hydrogens is 292 g/mol. The molecule has 24 heavy (non-hydrogen) atoms. The zero-order chi connectivity index (χ0) is 17.0. The first-order valence-electron chi connectivity index (χ1n) is 11.0. The van der Waals surface area contributed by atoms with Gasteiger partial charge < -0.3 is 9.80 Å². The lowest BCUT2D eigenvalue weighted by molar-refractivity contribution is 0.0179. The van der Waals surface area contributed by atoms with Crippen LogP contribution in [0.5, 0.6) is 0 Å². The van der Waals surface area contributed by atoms with Crippen molar-refractivity contribution in [1.29, 1.82) is 0 Å². The molecule has 1 aliphatic heterocycles. The molecule has 2 saturated carbocycles. The van der Waals surface area contributed by atoms with Gasteiger partial charge >= 0.3 is 0 Å². The van der Waals surface area contributed by atoms with Crippen LogP contribution in [0.2, 0.25) is 0 Å². The Hall–Kier alpha value is -0.0800. The molecule has 0 unspecified atom stereocenters. The van der Waals surface area contributed by atoms with Crippen molar-refractivity contribution in [3.05, 3.63) is 0 Å². The quantitative estimate of drug-likeness (QED) is 0.648. The lowest BCUT2D eigenvalue weighted by atomic mass is 9.63. The molecule has 3 aliphatic rings. The van der Waals surface area contributed by atoms with E-state index in [1.54, 1.807) is 0 Å². The Bertz CT molecular complexity index is 375. The third-order valence-corrected chi connectivity index (χ3v) is 7.93. The van der Waals surface area contributed by atoms with Gasteiger partial charge in [-0.25, -0.2) is 0 Å². The van der Waals surface area contributed by atoms with Crippen molar-refractivity contribution in [3.63, 3.8) is 0 Å². The second kappa shape index (κ2) is 8.08. The van der Waals surface area contributed by atoms with E-state index < -0.39 is 0 Å². The Morgan fingerprint density at radius 1 is 0.958 bits per heavy atom. The van der Waals surface area contributed by atoms with Crippen molar-refractivity contribution in [2.75, 3.05) is 33.7 Å². The average Bonchev–Trinajstić information content (AvgIpc) is 2.99. The number of nitrogens with zero attached hydrogens (tertiary/aromatic N) is 2. The topological polar surface area (TPSA) is 6.48 Å². The van der Waals surface area contributed by atoms with Gasteiger partial charge in [0.05, 0.1) is 0 Å². The Kier molecular flexibility index (Phi) is 6.30. The Labute approximate surface area is 151 Å². The molecule has 0 aromatic carbocycles. The zero-order valence-electron chi connectivity index (χ0n) is 16.8. The maximum Gasteiger partial charge on any atom is 0.0206 e. The van der Waals surface area contributed by atoms with Crippen LogP contribution in [0, 0.1) is 11.3 Å². The smallest absolute Gasteiger partial charge is 0.0206 e. The van der Waals surface area contributed by atoms with Crippen LogP contribution in [-0.4, -0.2) is 49.1 Å². The van der Waals surface area contributed by atoms with Crippen molar-refractivity contribution in [3.8, 4) is 0 Å². The highest BCUT2D eigenvalue weighted by Crippen LogP contribution is 2.50. The van der Waals surface area contributed by atoms with E-state index >= 15 is 0 Å². The van der Waals surface area contributed by atoms with Gasteiger partial charge in [-0.05, 0) is 83.5 Å². The number of hydrogen-bond donors (Lipinski definition) is 0. The van der Waals surface area contributed by atoms with E-state index in [2.05, 4.69) is 30.8 Å². The lowest BCUT2D eigenvalue weighted by Gasteiger charge is -2.50. The number of likely N-dealkylation sites (tertiary alicyclic amines) is 1. The molecule has 2 heteroatoms. The molecular formula is C22H42N2. The van der Waals surface area contributed by atoms with E-state index in [-0.39, 0.29) is 0 Å². The summed E-state index contributed by atoms with van der Waals surface area (Å²) in [6.45, 7) is 6.44. The van der Waals surface area contributed by atoms with Crippen LogP contribution in [0.3, 0.4) is 0 Å². The third kappa shape index (κ3) is 4.18. The number of unbranched alkanes of at least 4 members (excludes halogenated alkanes) is 1. The van der Waals surface area contributed by atoms with Crippen LogP contribution in [0.4, 0.5) is 0 Å². The highest BCUT2D eigenvalue weighted by atomic mass is 15.2. The van der Waals surface area contributed by atoms with Crippen molar-refractivity contribution in [1.82, 2.24) is 9.80 Å². The Balaban J connectivity index is 1.56. The van der Waals surface area contributed by atoms with Crippen LogP contribution >= 0.6 is 0 Å². The van der Waals surface area contributed by atoms with Gasteiger partial charge in [-0.1, -0.05) is 45.4 Å². The SMILES string of the molecule is CCCCN1CCC2(CCC(CC3CCCCC3)(N(C)C)CC2)C1. The summed E-state index contributed by atoms with van der Waals surface area (Å²) in [7, 11) is 4.73. The maximum atomic E-state index is 2.77. The lowest BCUT2D eigenvalue weighted by Crippen LogP contribution is -2.51. The van der Waals surface area contributed by atoms with Crippen LogP contribution in [0.1, 0.15) is 90.4 Å². The van der Waals surface area contributed by atoms with Gasteiger partial charge in [-0.3, -0.25) is 0 Å². The summed E-state index contributed by atoms with van der Waals surface area (Å²) in [5.74, 6) is 1.01. The molecule has 0 aromatic heterocycles. The largest absolute Gasteiger partial charge is 0.304 e. The minimum atomic E-state index is 0.518. The van der Waals surface area contributed by atoms with Gasteiger partial charge in [0, 0.05) is 12.1 Å². The summed E-state index contributed by atoms with van der Waals surface area (Å²) in [5, 5.41) is 0. The molecule has 3 rings (SSSR count). The standard InChI is InChI=1S/C22H42N2/c1-4-5-16-24-17-15-21(19-24)11-13-22(14-12-21,23(2)3)18-20-9-7-6-8-10-20/h20H,4-19H2,1-3H3. The van der Waals surface area contributed by atoms with Gasteiger partial charge in [-0.2, -0.15) is 0 Å². The molecule has 2 nitrogen and oxygen atoms in total. The molecule has 0 amide bonds. The van der Waals surface area contributed by atoms with E-state index in [0.717, 1.165) is 5.92 Å². The number of rotatable bonds is 6. The molecule has 3 fully saturated rings. The summed E-state index contributed by atoms with van der Waals surface area (Å²) in [4.78, 5) is 5.39. The molecule has 0 atom stereocenters. The predicted molar refractivity (Wildman–Crippen MR) is 104 cm³/mol. The second-order valence-electron chi connectivity index (χ2n) is 9.71. The molecule has 1 saturated heterocycles. The van der Waals surface area contributed by atoms with Crippen LogP contribution in [-0.2, 0) is 0 Å². The van der Waals surface area contributed by atoms with Crippen LogP contribution < -0.4 is 0 Å². The zero-order valence-corrected chi connectivity index (χ0v) is 16.8. The summed E-state index contributed by atoms with van der Waals surface area (Å²) in [6.07, 6.45) is 19.1. The molecule has 0 N–H and O–H groups in total. The van der Waals surface area contributed by atoms with Gasteiger partial charge in [0.25, 0.3) is 0 Å². The van der Waals surface area contributed by atoms with Crippen molar-refractivity contribution >= 4 is 0 Å². The monoisotopic (exact) mass is 334 g/mol. The highest BCUT2D eigenvalue weighted by molar-refractivity contribution is 5.02. The van der Waals surface area contributed by atoms with Gasteiger partial charge in [-0.15, -0.1) is 0 Å². The Morgan fingerprint density at radius 2 is 1.67 bits per heavy atom. The molecule has 0 aromatic rings. The van der Waals surface area contributed by atoms with E-state index in [0.29, 0.717) is 11.0 Å². The molecule has 0 radical (unpaired) electrons. The fourth-order valence-corrected chi connectivity index (χ4v) is 6.02. The summed E-state index contributed by atoms with van der Waals surface area (Å²) in [6, 6.07) is 0. The minimum Gasteiger partial charge on any atom is -0.304 e. The minimum absolute atomic E-state index is 0.518. The van der Waals surface area contributed by atoms with Crippen LogP contribution in [0.15, 0.2) is 0 Å². The van der Waals surface area contributed by atoms with E-state index in [1.165, 1.54) is 103 Å². The van der Waals surface area contributed by atoms with Crippen LogP contribution in [0.25, 0.3) is 0 Å².